The third-order valence-electron chi connectivity index (χ3n) is 3.74. The maximum Gasteiger partial charge on any atom is 0.157 e. The molecule has 0 saturated carbocycles. The Morgan fingerprint density at radius 2 is 2.00 bits per heavy atom. The number of fused-ring (bicyclic) bond motifs is 2. The fourth-order valence-electron chi connectivity index (χ4n) is 2.74. The van der Waals surface area contributed by atoms with Crippen LogP contribution in [0.2, 0.25) is 5.15 Å². The predicted molar refractivity (Wildman–Crippen MR) is 77.9 cm³/mol. The number of hydrogen-bond acceptors (Lipinski definition) is 3. The molecular weight excluding hydrogens is 272 g/mol. The van der Waals surface area contributed by atoms with Crippen molar-refractivity contribution in [3.8, 4) is 11.4 Å². The van der Waals surface area contributed by atoms with E-state index in [0.29, 0.717) is 5.15 Å². The number of hydrogen-bond donors (Lipinski definition) is 0. The van der Waals surface area contributed by atoms with Crippen LogP contribution in [0, 0.1) is 0 Å². The largest absolute Gasteiger partial charge is 0.255 e. The molecule has 0 fully saturated rings. The molecule has 100 valence electrons. The maximum atomic E-state index is 6.50. The van der Waals surface area contributed by atoms with Crippen molar-refractivity contribution in [2.45, 2.75) is 25.7 Å². The molecule has 0 atom stereocenters. The van der Waals surface area contributed by atoms with Crippen LogP contribution in [0.1, 0.15) is 24.1 Å². The Morgan fingerprint density at radius 1 is 1.10 bits per heavy atom. The highest BCUT2D eigenvalue weighted by Gasteiger charge is 2.19. The second-order valence-electron chi connectivity index (χ2n) is 5.05. The minimum atomic E-state index is 0.701. The topological polar surface area (TPSA) is 43.1 Å². The monoisotopic (exact) mass is 284 g/mol. The Bertz CT molecular complexity index is 779. The van der Waals surface area contributed by atoms with E-state index in [-0.39, 0.29) is 0 Å². The highest BCUT2D eigenvalue weighted by atomic mass is 35.5. The van der Waals surface area contributed by atoms with Crippen LogP contribution in [-0.4, -0.2) is 19.6 Å². The van der Waals surface area contributed by atoms with E-state index in [1.165, 1.54) is 12.8 Å². The van der Waals surface area contributed by atoms with E-state index in [9.17, 15) is 0 Å². The van der Waals surface area contributed by atoms with Gasteiger partial charge in [0.1, 0.15) is 10.8 Å². The van der Waals surface area contributed by atoms with Crippen LogP contribution in [0.4, 0.5) is 0 Å². The molecule has 5 heteroatoms. The van der Waals surface area contributed by atoms with Crippen molar-refractivity contribution < 1.29 is 0 Å². The molecule has 0 amide bonds. The molecule has 0 aromatic carbocycles. The van der Waals surface area contributed by atoms with Crippen molar-refractivity contribution in [2.24, 2.45) is 0 Å². The fraction of sp³-hybridized carbons (Fsp3) is 0.267. The summed E-state index contributed by atoms with van der Waals surface area (Å²) >= 11 is 6.50. The quantitative estimate of drug-likeness (QED) is 0.644. The third kappa shape index (κ3) is 1.79. The van der Waals surface area contributed by atoms with Gasteiger partial charge in [-0.1, -0.05) is 17.7 Å². The minimum absolute atomic E-state index is 0.701. The highest BCUT2D eigenvalue weighted by molar-refractivity contribution is 6.30. The van der Waals surface area contributed by atoms with Gasteiger partial charge in [0.25, 0.3) is 0 Å². The van der Waals surface area contributed by atoms with Crippen molar-refractivity contribution in [1.29, 1.82) is 0 Å². The van der Waals surface area contributed by atoms with Gasteiger partial charge in [0, 0.05) is 23.5 Å². The van der Waals surface area contributed by atoms with Gasteiger partial charge in [-0.2, -0.15) is 5.10 Å². The zero-order chi connectivity index (χ0) is 13.5. The molecule has 3 heterocycles. The smallest absolute Gasteiger partial charge is 0.157 e. The maximum absolute atomic E-state index is 6.50. The van der Waals surface area contributed by atoms with Crippen LogP contribution >= 0.6 is 11.6 Å². The predicted octanol–water partition coefficient (Wildman–Crippen LogP) is 3.32. The Morgan fingerprint density at radius 3 is 2.85 bits per heavy atom. The lowest BCUT2D eigenvalue weighted by Crippen LogP contribution is -2.09. The van der Waals surface area contributed by atoms with E-state index in [0.717, 1.165) is 41.1 Å². The van der Waals surface area contributed by atoms with E-state index >= 15 is 0 Å². The van der Waals surface area contributed by atoms with Gasteiger partial charge in [0.15, 0.2) is 5.65 Å². The van der Waals surface area contributed by atoms with Gasteiger partial charge in [-0.15, -0.1) is 0 Å². The number of aryl methyl sites for hydroxylation is 1. The zero-order valence-corrected chi connectivity index (χ0v) is 11.6. The molecule has 1 aliphatic carbocycles. The van der Waals surface area contributed by atoms with Crippen LogP contribution < -0.4 is 0 Å². The van der Waals surface area contributed by atoms with Crippen molar-refractivity contribution in [3.63, 3.8) is 0 Å². The fourth-order valence-corrected chi connectivity index (χ4v) is 3.06. The molecule has 1 aliphatic rings. The van der Waals surface area contributed by atoms with Crippen LogP contribution in [0.15, 0.2) is 30.5 Å². The normalized spacial score (nSPS) is 14.4. The minimum Gasteiger partial charge on any atom is -0.255 e. The van der Waals surface area contributed by atoms with E-state index in [4.69, 9.17) is 16.6 Å². The summed E-state index contributed by atoms with van der Waals surface area (Å²) in [5.41, 5.74) is 4.73. The molecule has 0 radical (unpaired) electrons. The van der Waals surface area contributed by atoms with Crippen LogP contribution in [0.3, 0.4) is 0 Å². The molecule has 4 nitrogen and oxygen atoms in total. The average Bonchev–Trinajstić information content (AvgIpc) is 2.93. The van der Waals surface area contributed by atoms with Crippen LogP contribution in [-0.2, 0) is 12.8 Å². The lowest BCUT2D eigenvalue weighted by Gasteiger charge is -2.16. The van der Waals surface area contributed by atoms with Gasteiger partial charge in [0.2, 0.25) is 0 Å². The Labute approximate surface area is 121 Å². The summed E-state index contributed by atoms with van der Waals surface area (Å²) in [6, 6.07) is 7.73. The summed E-state index contributed by atoms with van der Waals surface area (Å²) in [5.74, 6) is 0. The lowest BCUT2D eigenvalue weighted by molar-refractivity contribution is 0.660. The molecule has 0 unspecified atom stereocenters. The number of aromatic nitrogens is 4. The molecule has 20 heavy (non-hydrogen) atoms. The van der Waals surface area contributed by atoms with Gasteiger partial charge >= 0.3 is 0 Å². The molecule has 3 aromatic rings. The van der Waals surface area contributed by atoms with Gasteiger partial charge < -0.3 is 0 Å². The summed E-state index contributed by atoms with van der Waals surface area (Å²) < 4.78 is 1.73. The summed E-state index contributed by atoms with van der Waals surface area (Å²) in [6.45, 7) is 0. The zero-order valence-electron chi connectivity index (χ0n) is 10.9. The number of rotatable bonds is 1. The summed E-state index contributed by atoms with van der Waals surface area (Å²) in [6.07, 6.45) is 6.13. The molecule has 0 saturated heterocycles. The van der Waals surface area contributed by atoms with Gasteiger partial charge in [-0.05, 0) is 37.8 Å². The lowest BCUT2D eigenvalue weighted by atomic mass is 9.97. The average molecular weight is 285 g/mol. The SMILES string of the molecule is Clc1c2c(nc3cc(-c4ccccn4)nn13)CCCC2. The Balaban J connectivity index is 1.93. The first-order chi connectivity index (χ1) is 9.83. The molecule has 0 aliphatic heterocycles. The van der Waals surface area contributed by atoms with Crippen molar-refractivity contribution in [2.75, 3.05) is 0 Å². The van der Waals surface area contributed by atoms with Crippen LogP contribution in [0.25, 0.3) is 17.0 Å². The number of pyridine rings is 1. The molecule has 3 aromatic heterocycles. The standard InChI is InChI=1S/C15H13ClN4/c16-15-10-5-1-2-6-11(10)18-14-9-13(19-20(14)15)12-7-3-4-8-17-12/h3-4,7-9H,1-2,5-6H2. The third-order valence-corrected chi connectivity index (χ3v) is 4.13. The molecule has 0 bridgehead atoms. The van der Waals surface area contributed by atoms with Gasteiger partial charge in [-0.3, -0.25) is 4.98 Å². The number of halogens is 1. The summed E-state index contributed by atoms with van der Waals surface area (Å²) in [5, 5.41) is 5.25. The number of nitrogens with zero attached hydrogens (tertiary/aromatic N) is 4. The van der Waals surface area contributed by atoms with Gasteiger partial charge in [-0.25, -0.2) is 9.50 Å². The van der Waals surface area contributed by atoms with E-state index in [1.54, 1.807) is 10.7 Å². The van der Waals surface area contributed by atoms with Crippen LogP contribution in [0.5, 0.6) is 0 Å². The first-order valence-electron chi connectivity index (χ1n) is 6.81. The Hall–Kier alpha value is -1.94. The molecule has 0 spiro atoms. The first-order valence-corrected chi connectivity index (χ1v) is 7.19. The molecular formula is C15H13ClN4. The van der Waals surface area contributed by atoms with E-state index < -0.39 is 0 Å². The van der Waals surface area contributed by atoms with E-state index in [1.807, 2.05) is 24.3 Å². The highest BCUT2D eigenvalue weighted by Crippen LogP contribution is 2.28. The molecule has 0 N–H and O–H groups in total. The second kappa shape index (κ2) is 4.56. The van der Waals surface area contributed by atoms with Crippen molar-refractivity contribution in [3.05, 3.63) is 46.9 Å². The Kier molecular flexibility index (Phi) is 2.70. The van der Waals surface area contributed by atoms with Crippen molar-refractivity contribution in [1.82, 2.24) is 19.6 Å². The second-order valence-corrected chi connectivity index (χ2v) is 5.41. The summed E-state index contributed by atoms with van der Waals surface area (Å²) in [7, 11) is 0. The van der Waals surface area contributed by atoms with Crippen molar-refractivity contribution >= 4 is 17.2 Å². The van der Waals surface area contributed by atoms with E-state index in [2.05, 4.69) is 10.1 Å². The summed E-state index contributed by atoms with van der Waals surface area (Å²) in [4.78, 5) is 9.04. The molecule has 4 rings (SSSR count). The van der Waals surface area contributed by atoms with Gasteiger partial charge in [0.05, 0.1) is 5.69 Å². The first kappa shape index (κ1) is 11.9.